The Labute approximate surface area is 111 Å². The highest BCUT2D eigenvalue weighted by Crippen LogP contribution is 2.10. The largest absolute Gasteiger partial charge is 0.465 e. The standard InChI is InChI=1S/C12H16N2O3S/c1-16-8-7-13-12(18)14-10-5-3-9(4-6-10)11(15)17-2/h3-6H,7-8H2,1-2H3,(H2,13,14,18). The Kier molecular flexibility index (Phi) is 6.10. The van der Waals surface area contributed by atoms with Gasteiger partial charge in [-0.1, -0.05) is 0 Å². The minimum absolute atomic E-state index is 0.359. The van der Waals surface area contributed by atoms with Gasteiger partial charge in [-0.15, -0.1) is 0 Å². The number of thiocarbonyl (C=S) groups is 1. The van der Waals surface area contributed by atoms with E-state index in [1.54, 1.807) is 31.4 Å². The maximum atomic E-state index is 11.2. The molecule has 0 radical (unpaired) electrons. The van der Waals surface area contributed by atoms with Crippen LogP contribution >= 0.6 is 12.2 Å². The first-order chi connectivity index (χ1) is 8.67. The van der Waals surface area contributed by atoms with Crippen molar-refractivity contribution in [2.45, 2.75) is 0 Å². The van der Waals surface area contributed by atoms with Gasteiger partial charge in [0.05, 0.1) is 19.3 Å². The summed E-state index contributed by atoms with van der Waals surface area (Å²) in [5.41, 5.74) is 1.30. The zero-order valence-electron chi connectivity index (χ0n) is 10.4. The van der Waals surface area contributed by atoms with E-state index >= 15 is 0 Å². The molecule has 0 saturated carbocycles. The van der Waals surface area contributed by atoms with Crippen LogP contribution in [0.25, 0.3) is 0 Å². The molecule has 2 N–H and O–H groups in total. The molecule has 0 aliphatic heterocycles. The second-order valence-corrected chi connectivity index (χ2v) is 3.85. The molecule has 0 bridgehead atoms. The SMILES string of the molecule is COCCNC(=S)Nc1ccc(C(=O)OC)cc1. The summed E-state index contributed by atoms with van der Waals surface area (Å²) in [6.45, 7) is 1.23. The van der Waals surface area contributed by atoms with Crippen molar-refractivity contribution in [1.29, 1.82) is 0 Å². The minimum Gasteiger partial charge on any atom is -0.465 e. The van der Waals surface area contributed by atoms with Gasteiger partial charge in [0.2, 0.25) is 0 Å². The normalized spacial score (nSPS) is 9.67. The molecule has 0 aliphatic rings. The first-order valence-corrected chi connectivity index (χ1v) is 5.80. The van der Waals surface area contributed by atoms with Gasteiger partial charge in [0.1, 0.15) is 0 Å². The zero-order chi connectivity index (χ0) is 13.4. The molecule has 98 valence electrons. The molecule has 0 atom stereocenters. The summed E-state index contributed by atoms with van der Waals surface area (Å²) < 4.78 is 9.51. The monoisotopic (exact) mass is 268 g/mol. The van der Waals surface area contributed by atoms with E-state index in [1.807, 2.05) is 0 Å². The van der Waals surface area contributed by atoms with Crippen LogP contribution < -0.4 is 10.6 Å². The average molecular weight is 268 g/mol. The predicted octanol–water partition coefficient (Wildman–Crippen LogP) is 1.41. The second-order valence-electron chi connectivity index (χ2n) is 3.44. The molecular formula is C12H16N2O3S. The number of hydrogen-bond acceptors (Lipinski definition) is 4. The van der Waals surface area contributed by atoms with Crippen LogP contribution in [0.15, 0.2) is 24.3 Å². The van der Waals surface area contributed by atoms with Crippen LogP contribution in [0.1, 0.15) is 10.4 Å². The number of esters is 1. The lowest BCUT2D eigenvalue weighted by Crippen LogP contribution is -2.31. The Bertz CT molecular complexity index is 406. The fourth-order valence-corrected chi connectivity index (χ4v) is 1.47. The number of nitrogens with one attached hydrogen (secondary N) is 2. The van der Waals surface area contributed by atoms with Gasteiger partial charge in [-0.25, -0.2) is 4.79 Å². The molecule has 1 aromatic rings. The van der Waals surface area contributed by atoms with Crippen molar-refractivity contribution in [3.63, 3.8) is 0 Å². The summed E-state index contributed by atoms with van der Waals surface area (Å²) in [7, 11) is 2.98. The summed E-state index contributed by atoms with van der Waals surface area (Å²) in [4.78, 5) is 11.2. The van der Waals surface area contributed by atoms with Crippen LogP contribution in [-0.4, -0.2) is 38.5 Å². The molecule has 0 amide bonds. The van der Waals surface area contributed by atoms with Crippen molar-refractivity contribution in [1.82, 2.24) is 5.32 Å². The van der Waals surface area contributed by atoms with Gasteiger partial charge in [-0.3, -0.25) is 0 Å². The molecule has 6 heteroatoms. The van der Waals surface area contributed by atoms with Crippen molar-refractivity contribution >= 4 is 29.0 Å². The third-order valence-electron chi connectivity index (χ3n) is 2.16. The highest BCUT2D eigenvalue weighted by Gasteiger charge is 2.04. The third-order valence-corrected chi connectivity index (χ3v) is 2.40. The fraction of sp³-hybridized carbons (Fsp3) is 0.333. The molecule has 5 nitrogen and oxygen atoms in total. The lowest BCUT2D eigenvalue weighted by Gasteiger charge is -2.10. The van der Waals surface area contributed by atoms with Gasteiger partial charge in [-0.2, -0.15) is 0 Å². The van der Waals surface area contributed by atoms with Crippen molar-refractivity contribution in [2.24, 2.45) is 0 Å². The fourth-order valence-electron chi connectivity index (χ4n) is 1.25. The van der Waals surface area contributed by atoms with Gasteiger partial charge in [0.25, 0.3) is 0 Å². The van der Waals surface area contributed by atoms with Crippen molar-refractivity contribution in [3.05, 3.63) is 29.8 Å². The van der Waals surface area contributed by atoms with E-state index in [-0.39, 0.29) is 5.97 Å². The topological polar surface area (TPSA) is 59.6 Å². The smallest absolute Gasteiger partial charge is 0.337 e. The number of ether oxygens (including phenoxy) is 2. The van der Waals surface area contributed by atoms with Gasteiger partial charge >= 0.3 is 5.97 Å². The van der Waals surface area contributed by atoms with Gasteiger partial charge in [-0.05, 0) is 36.5 Å². The summed E-state index contributed by atoms with van der Waals surface area (Å²) in [5.74, 6) is -0.359. The van der Waals surface area contributed by atoms with E-state index in [0.717, 1.165) is 5.69 Å². The maximum absolute atomic E-state index is 11.2. The highest BCUT2D eigenvalue weighted by atomic mass is 32.1. The molecule has 0 heterocycles. The van der Waals surface area contributed by atoms with Crippen LogP contribution in [-0.2, 0) is 9.47 Å². The van der Waals surface area contributed by atoms with Crippen LogP contribution in [0.2, 0.25) is 0 Å². The van der Waals surface area contributed by atoms with Crippen LogP contribution in [0.5, 0.6) is 0 Å². The number of carbonyl (C=O) groups is 1. The second kappa shape index (κ2) is 7.62. The summed E-state index contributed by atoms with van der Waals surface area (Å²) in [6, 6.07) is 6.87. The zero-order valence-corrected chi connectivity index (χ0v) is 11.2. The van der Waals surface area contributed by atoms with E-state index in [1.165, 1.54) is 7.11 Å². The van der Waals surface area contributed by atoms with Gasteiger partial charge in [0.15, 0.2) is 5.11 Å². The Hall–Kier alpha value is -1.66. The lowest BCUT2D eigenvalue weighted by atomic mass is 10.2. The number of benzene rings is 1. The predicted molar refractivity (Wildman–Crippen MR) is 73.9 cm³/mol. The van der Waals surface area contributed by atoms with Crippen molar-refractivity contribution in [3.8, 4) is 0 Å². The number of methoxy groups -OCH3 is 2. The first-order valence-electron chi connectivity index (χ1n) is 5.39. The minimum atomic E-state index is -0.359. The number of hydrogen-bond donors (Lipinski definition) is 2. The van der Waals surface area contributed by atoms with E-state index in [9.17, 15) is 4.79 Å². The maximum Gasteiger partial charge on any atom is 0.337 e. The number of anilines is 1. The molecule has 0 fully saturated rings. The molecular weight excluding hydrogens is 252 g/mol. The van der Waals surface area contributed by atoms with Crippen molar-refractivity contribution < 1.29 is 14.3 Å². The van der Waals surface area contributed by atoms with Crippen LogP contribution in [0.3, 0.4) is 0 Å². The van der Waals surface area contributed by atoms with Crippen LogP contribution in [0.4, 0.5) is 5.69 Å². The molecule has 0 saturated heterocycles. The first kappa shape index (κ1) is 14.4. The Morgan fingerprint density at radius 1 is 1.28 bits per heavy atom. The highest BCUT2D eigenvalue weighted by molar-refractivity contribution is 7.80. The summed E-state index contributed by atoms with van der Waals surface area (Å²) >= 11 is 5.09. The van der Waals surface area contributed by atoms with Gasteiger partial charge in [0, 0.05) is 19.3 Å². The molecule has 18 heavy (non-hydrogen) atoms. The van der Waals surface area contributed by atoms with E-state index in [0.29, 0.717) is 23.8 Å². The third kappa shape index (κ3) is 4.68. The van der Waals surface area contributed by atoms with E-state index < -0.39 is 0 Å². The number of rotatable bonds is 5. The lowest BCUT2D eigenvalue weighted by molar-refractivity contribution is 0.0601. The Balaban J connectivity index is 2.48. The van der Waals surface area contributed by atoms with Crippen LogP contribution in [0, 0.1) is 0 Å². The average Bonchev–Trinajstić information content (AvgIpc) is 2.39. The Morgan fingerprint density at radius 3 is 2.50 bits per heavy atom. The Morgan fingerprint density at radius 2 is 1.94 bits per heavy atom. The molecule has 0 aromatic heterocycles. The van der Waals surface area contributed by atoms with Crippen molar-refractivity contribution in [2.75, 3.05) is 32.7 Å². The van der Waals surface area contributed by atoms with E-state index in [2.05, 4.69) is 15.4 Å². The molecule has 0 spiro atoms. The quantitative estimate of drug-likeness (QED) is 0.478. The molecule has 0 aliphatic carbocycles. The van der Waals surface area contributed by atoms with E-state index in [4.69, 9.17) is 17.0 Å². The van der Waals surface area contributed by atoms with Gasteiger partial charge < -0.3 is 20.1 Å². The molecule has 1 rings (SSSR count). The molecule has 0 unspecified atom stereocenters. The molecule has 1 aromatic carbocycles. The number of carbonyl (C=O) groups excluding carboxylic acids is 1. The summed E-state index contributed by atoms with van der Waals surface area (Å²) in [5, 5.41) is 6.49. The summed E-state index contributed by atoms with van der Waals surface area (Å²) in [6.07, 6.45) is 0.